The van der Waals surface area contributed by atoms with E-state index in [1.54, 1.807) is 11.9 Å². The lowest BCUT2D eigenvalue weighted by Gasteiger charge is -2.19. The third-order valence-corrected chi connectivity index (χ3v) is 2.39. The van der Waals surface area contributed by atoms with Crippen molar-refractivity contribution >= 4 is 5.91 Å². The third kappa shape index (κ3) is 12.1. The third-order valence-electron chi connectivity index (χ3n) is 2.39. The summed E-state index contributed by atoms with van der Waals surface area (Å²) in [6.45, 7) is 6.19. The standard InChI is InChI=1S/C13H28N2O4/c1-11(2)19-7-5-6-14-13(17)9-15(3)8-12(16)10-18-4/h11-12,16H,5-10H2,1-4H3,(H,14,17). The molecule has 1 unspecified atom stereocenters. The molecule has 0 saturated carbocycles. The van der Waals surface area contributed by atoms with Gasteiger partial charge in [-0.3, -0.25) is 9.69 Å². The maximum Gasteiger partial charge on any atom is 0.234 e. The van der Waals surface area contributed by atoms with Crippen LogP contribution in [-0.2, 0) is 14.3 Å². The minimum atomic E-state index is -0.567. The fraction of sp³-hybridized carbons (Fsp3) is 0.923. The number of ether oxygens (including phenoxy) is 2. The number of carbonyl (C=O) groups is 1. The van der Waals surface area contributed by atoms with E-state index in [0.717, 1.165) is 6.42 Å². The van der Waals surface area contributed by atoms with Crippen molar-refractivity contribution in [2.45, 2.75) is 32.5 Å². The van der Waals surface area contributed by atoms with Gasteiger partial charge < -0.3 is 19.9 Å². The Morgan fingerprint density at radius 2 is 2.11 bits per heavy atom. The minimum Gasteiger partial charge on any atom is -0.389 e. The number of hydrogen-bond acceptors (Lipinski definition) is 5. The van der Waals surface area contributed by atoms with Gasteiger partial charge in [-0.1, -0.05) is 0 Å². The van der Waals surface area contributed by atoms with Crippen LogP contribution in [0.15, 0.2) is 0 Å². The van der Waals surface area contributed by atoms with Gasteiger partial charge in [0.15, 0.2) is 0 Å². The van der Waals surface area contributed by atoms with Crippen LogP contribution in [0.4, 0.5) is 0 Å². The average molecular weight is 276 g/mol. The normalized spacial score (nSPS) is 13.0. The Morgan fingerprint density at radius 3 is 2.68 bits per heavy atom. The summed E-state index contributed by atoms with van der Waals surface area (Å²) in [4.78, 5) is 13.4. The van der Waals surface area contributed by atoms with E-state index >= 15 is 0 Å². The predicted molar refractivity (Wildman–Crippen MR) is 74.1 cm³/mol. The van der Waals surface area contributed by atoms with Crippen LogP contribution in [0.1, 0.15) is 20.3 Å². The lowest BCUT2D eigenvalue weighted by Crippen LogP contribution is -2.40. The second-order valence-corrected chi connectivity index (χ2v) is 4.93. The summed E-state index contributed by atoms with van der Waals surface area (Å²) in [7, 11) is 3.33. The summed E-state index contributed by atoms with van der Waals surface area (Å²) in [5.74, 6) is -0.0448. The first kappa shape index (κ1) is 18.3. The van der Waals surface area contributed by atoms with Crippen molar-refractivity contribution in [3.05, 3.63) is 0 Å². The number of methoxy groups -OCH3 is 1. The van der Waals surface area contributed by atoms with E-state index < -0.39 is 6.10 Å². The number of nitrogens with zero attached hydrogens (tertiary/aromatic N) is 1. The van der Waals surface area contributed by atoms with Gasteiger partial charge in [-0.25, -0.2) is 0 Å². The molecule has 0 aromatic rings. The van der Waals surface area contributed by atoms with Crippen molar-refractivity contribution in [2.24, 2.45) is 0 Å². The van der Waals surface area contributed by atoms with Crippen LogP contribution < -0.4 is 5.32 Å². The van der Waals surface area contributed by atoms with Crippen molar-refractivity contribution in [2.75, 3.05) is 47.0 Å². The number of hydrogen-bond donors (Lipinski definition) is 2. The number of rotatable bonds is 11. The molecule has 0 spiro atoms. The molecular weight excluding hydrogens is 248 g/mol. The quantitative estimate of drug-likeness (QED) is 0.514. The molecule has 6 heteroatoms. The van der Waals surface area contributed by atoms with Crippen LogP contribution in [-0.4, -0.2) is 75.1 Å². The van der Waals surface area contributed by atoms with Crippen LogP contribution in [0, 0.1) is 0 Å². The highest BCUT2D eigenvalue weighted by molar-refractivity contribution is 5.77. The van der Waals surface area contributed by atoms with Crippen molar-refractivity contribution < 1.29 is 19.4 Å². The lowest BCUT2D eigenvalue weighted by molar-refractivity contribution is -0.122. The number of carbonyl (C=O) groups excluding carboxylic acids is 1. The molecule has 1 atom stereocenters. The summed E-state index contributed by atoms with van der Waals surface area (Å²) in [6, 6.07) is 0. The topological polar surface area (TPSA) is 71.0 Å². The Kier molecular flexibility index (Phi) is 10.8. The van der Waals surface area contributed by atoms with Gasteiger partial charge in [0.1, 0.15) is 0 Å². The predicted octanol–water partition coefficient (Wildman–Crippen LogP) is -0.143. The van der Waals surface area contributed by atoms with Crippen molar-refractivity contribution in [1.82, 2.24) is 10.2 Å². The number of aliphatic hydroxyl groups excluding tert-OH is 1. The maximum absolute atomic E-state index is 11.6. The molecule has 0 aromatic carbocycles. The van der Waals surface area contributed by atoms with Gasteiger partial charge >= 0.3 is 0 Å². The molecule has 0 bridgehead atoms. The number of likely N-dealkylation sites (N-methyl/N-ethyl adjacent to an activating group) is 1. The largest absolute Gasteiger partial charge is 0.389 e. The molecule has 1 amide bonds. The molecule has 0 saturated heterocycles. The van der Waals surface area contributed by atoms with Crippen molar-refractivity contribution in [1.29, 1.82) is 0 Å². The number of nitrogens with one attached hydrogen (secondary N) is 1. The SMILES string of the molecule is COCC(O)CN(C)CC(=O)NCCCOC(C)C. The first-order valence-corrected chi connectivity index (χ1v) is 6.69. The zero-order valence-corrected chi connectivity index (χ0v) is 12.5. The molecule has 0 aliphatic rings. The van der Waals surface area contributed by atoms with E-state index in [-0.39, 0.29) is 25.2 Å². The molecule has 2 N–H and O–H groups in total. The zero-order chi connectivity index (χ0) is 14.7. The summed E-state index contributed by atoms with van der Waals surface area (Å²) < 4.78 is 10.2. The summed E-state index contributed by atoms with van der Waals surface area (Å²) in [6.07, 6.45) is 0.464. The fourth-order valence-electron chi connectivity index (χ4n) is 1.59. The Balaban J connectivity index is 3.56. The maximum atomic E-state index is 11.6. The molecule has 6 nitrogen and oxygen atoms in total. The van der Waals surface area contributed by atoms with Gasteiger partial charge in [0.2, 0.25) is 5.91 Å². The molecule has 0 heterocycles. The van der Waals surface area contributed by atoms with Crippen LogP contribution >= 0.6 is 0 Å². The molecule has 0 aliphatic heterocycles. The van der Waals surface area contributed by atoms with E-state index in [9.17, 15) is 9.90 Å². The summed E-state index contributed by atoms with van der Waals surface area (Å²) in [5, 5.41) is 12.3. The van der Waals surface area contributed by atoms with Crippen LogP contribution in [0.3, 0.4) is 0 Å². The molecule has 0 aliphatic carbocycles. The lowest BCUT2D eigenvalue weighted by atomic mass is 10.3. The van der Waals surface area contributed by atoms with E-state index in [1.807, 2.05) is 13.8 Å². The van der Waals surface area contributed by atoms with Crippen molar-refractivity contribution in [3.63, 3.8) is 0 Å². The Morgan fingerprint density at radius 1 is 1.42 bits per heavy atom. The van der Waals surface area contributed by atoms with Gasteiger partial charge in [-0.2, -0.15) is 0 Å². The van der Waals surface area contributed by atoms with Crippen LogP contribution in [0.2, 0.25) is 0 Å². The first-order valence-electron chi connectivity index (χ1n) is 6.69. The van der Waals surface area contributed by atoms with Crippen molar-refractivity contribution in [3.8, 4) is 0 Å². The Bertz CT molecular complexity index is 237. The molecule has 0 rings (SSSR count). The average Bonchev–Trinajstić information content (AvgIpc) is 2.27. The Labute approximate surface area is 116 Å². The molecule has 0 fully saturated rings. The molecule has 0 aromatic heterocycles. The molecule has 19 heavy (non-hydrogen) atoms. The molecule has 114 valence electrons. The monoisotopic (exact) mass is 276 g/mol. The summed E-state index contributed by atoms with van der Waals surface area (Å²) in [5.41, 5.74) is 0. The first-order chi connectivity index (χ1) is 8.95. The highest BCUT2D eigenvalue weighted by Crippen LogP contribution is 1.91. The Hall–Kier alpha value is -0.690. The van der Waals surface area contributed by atoms with Crippen LogP contribution in [0.5, 0.6) is 0 Å². The van der Waals surface area contributed by atoms with Gasteiger partial charge in [-0.15, -0.1) is 0 Å². The van der Waals surface area contributed by atoms with Gasteiger partial charge in [0, 0.05) is 26.8 Å². The van der Waals surface area contributed by atoms with Gasteiger partial charge in [0.25, 0.3) is 0 Å². The molecule has 0 radical (unpaired) electrons. The highest BCUT2D eigenvalue weighted by Gasteiger charge is 2.10. The summed E-state index contributed by atoms with van der Waals surface area (Å²) >= 11 is 0. The number of aliphatic hydroxyl groups is 1. The second kappa shape index (κ2) is 11.2. The van der Waals surface area contributed by atoms with E-state index in [4.69, 9.17) is 9.47 Å². The molecular formula is C13H28N2O4. The van der Waals surface area contributed by atoms with E-state index in [1.165, 1.54) is 7.11 Å². The van der Waals surface area contributed by atoms with E-state index in [2.05, 4.69) is 5.32 Å². The van der Waals surface area contributed by atoms with Gasteiger partial charge in [0.05, 0.1) is 25.4 Å². The minimum absolute atomic E-state index is 0.0448. The van der Waals surface area contributed by atoms with Gasteiger partial charge in [-0.05, 0) is 27.3 Å². The zero-order valence-electron chi connectivity index (χ0n) is 12.5. The highest BCUT2D eigenvalue weighted by atomic mass is 16.5. The second-order valence-electron chi connectivity index (χ2n) is 4.93. The van der Waals surface area contributed by atoms with E-state index in [0.29, 0.717) is 19.7 Å². The van der Waals surface area contributed by atoms with Crippen LogP contribution in [0.25, 0.3) is 0 Å². The number of amides is 1. The smallest absolute Gasteiger partial charge is 0.234 e. The fourth-order valence-corrected chi connectivity index (χ4v) is 1.59.